The molecule has 1 heterocycles. The highest BCUT2D eigenvalue weighted by Crippen LogP contribution is 2.38. The van der Waals surface area contributed by atoms with Crippen molar-refractivity contribution in [1.82, 2.24) is 10.1 Å². The molecule has 29 heavy (non-hydrogen) atoms. The van der Waals surface area contributed by atoms with Gasteiger partial charge in [-0.3, -0.25) is 0 Å². The molecule has 0 amide bonds. The van der Waals surface area contributed by atoms with Crippen LogP contribution in [0.4, 0.5) is 17.6 Å². The fraction of sp³-hybridized carbons (Fsp3) is 0.222. The van der Waals surface area contributed by atoms with E-state index in [0.29, 0.717) is 5.56 Å². The van der Waals surface area contributed by atoms with Gasteiger partial charge < -0.3 is 9.26 Å². The van der Waals surface area contributed by atoms with Crippen LogP contribution in [-0.2, 0) is 16.0 Å². The first-order valence-corrected chi connectivity index (χ1v) is 10.0. The van der Waals surface area contributed by atoms with Crippen molar-refractivity contribution in [2.24, 2.45) is 0 Å². The SMILES string of the molecule is CS(=O)(=O)c1ccc(-c2noc(-c3ccc(OCC[18F])c(C(F)(F)F)c3)n2)cc1. The van der Waals surface area contributed by atoms with Crippen LogP contribution in [0.2, 0.25) is 0 Å². The van der Waals surface area contributed by atoms with E-state index < -0.39 is 40.6 Å². The van der Waals surface area contributed by atoms with Crippen molar-refractivity contribution in [3.8, 4) is 28.6 Å². The van der Waals surface area contributed by atoms with Gasteiger partial charge in [-0.05, 0) is 42.5 Å². The Labute approximate surface area is 163 Å². The van der Waals surface area contributed by atoms with Crippen LogP contribution in [0.5, 0.6) is 5.75 Å². The predicted octanol–water partition coefficient (Wildman–Crippen LogP) is 4.17. The van der Waals surface area contributed by atoms with Crippen molar-refractivity contribution in [2.45, 2.75) is 11.1 Å². The standard InChI is InChI=1S/C18H14F4N2O4S/c1-29(25,26)13-5-2-11(3-6-13)16-23-17(28-24-16)12-4-7-15(27-9-8-19)14(10-12)18(20,21)22/h2-7,10H,8-9H2,1H3/i19-1. The second kappa shape index (κ2) is 7.82. The summed E-state index contributed by atoms with van der Waals surface area (Å²) in [6.45, 7) is -1.43. The summed E-state index contributed by atoms with van der Waals surface area (Å²) in [4.78, 5) is 4.16. The molecule has 0 saturated carbocycles. The minimum absolute atomic E-state index is 0.00331. The molecule has 1 aromatic heterocycles. The Hall–Kier alpha value is -2.95. The highest BCUT2D eigenvalue weighted by molar-refractivity contribution is 7.90. The molecular formula is C18H14F4N2O4S. The van der Waals surface area contributed by atoms with Gasteiger partial charge in [0.25, 0.3) is 5.89 Å². The van der Waals surface area contributed by atoms with Gasteiger partial charge in [0.2, 0.25) is 5.82 Å². The summed E-state index contributed by atoms with van der Waals surface area (Å²) >= 11 is 0. The number of sulfone groups is 1. The number of hydrogen-bond acceptors (Lipinski definition) is 6. The average Bonchev–Trinajstić information content (AvgIpc) is 3.15. The molecule has 0 bridgehead atoms. The summed E-state index contributed by atoms with van der Waals surface area (Å²) in [5.41, 5.74) is -0.677. The molecule has 2 aromatic carbocycles. The second-order valence-corrected chi connectivity index (χ2v) is 7.98. The summed E-state index contributed by atoms with van der Waals surface area (Å²) in [6.07, 6.45) is -3.67. The van der Waals surface area contributed by atoms with E-state index in [1.54, 1.807) is 0 Å². The molecule has 3 rings (SSSR count). The van der Waals surface area contributed by atoms with Gasteiger partial charge in [0.1, 0.15) is 19.0 Å². The lowest BCUT2D eigenvalue weighted by atomic mass is 10.1. The van der Waals surface area contributed by atoms with Gasteiger partial charge in [-0.1, -0.05) is 5.16 Å². The highest BCUT2D eigenvalue weighted by atomic mass is 32.2. The third-order valence-electron chi connectivity index (χ3n) is 3.83. The molecule has 154 valence electrons. The first kappa shape index (κ1) is 20.8. The van der Waals surface area contributed by atoms with E-state index in [2.05, 4.69) is 10.1 Å². The molecule has 3 aromatic rings. The molecule has 0 atom stereocenters. The maximum Gasteiger partial charge on any atom is 0.419 e. The van der Waals surface area contributed by atoms with Gasteiger partial charge in [0.15, 0.2) is 9.84 Å². The van der Waals surface area contributed by atoms with E-state index in [9.17, 15) is 26.0 Å². The lowest BCUT2D eigenvalue weighted by molar-refractivity contribution is -0.138. The molecule has 0 N–H and O–H groups in total. The van der Waals surface area contributed by atoms with Crippen LogP contribution < -0.4 is 4.74 Å². The fourth-order valence-corrected chi connectivity index (χ4v) is 3.10. The maximum atomic E-state index is 13.3. The largest absolute Gasteiger partial charge is 0.490 e. The molecule has 0 radical (unpaired) electrons. The number of alkyl halides is 4. The number of benzene rings is 2. The van der Waals surface area contributed by atoms with Gasteiger partial charge in [0.05, 0.1) is 10.5 Å². The van der Waals surface area contributed by atoms with Crippen LogP contribution in [-0.4, -0.2) is 38.1 Å². The summed E-state index contributed by atoms with van der Waals surface area (Å²) in [5, 5.41) is 3.72. The number of nitrogens with zero attached hydrogens (tertiary/aromatic N) is 2. The van der Waals surface area contributed by atoms with Gasteiger partial charge >= 0.3 is 6.18 Å². The Morgan fingerprint density at radius 3 is 2.31 bits per heavy atom. The minimum Gasteiger partial charge on any atom is -0.490 e. The third kappa shape index (κ3) is 4.73. The molecule has 0 saturated heterocycles. The lowest BCUT2D eigenvalue weighted by Gasteiger charge is -2.13. The molecule has 0 unspecified atom stereocenters. The molecular weight excluding hydrogens is 415 g/mol. The van der Waals surface area contributed by atoms with E-state index in [1.165, 1.54) is 30.3 Å². The summed E-state index contributed by atoms with van der Waals surface area (Å²) in [7, 11) is -3.38. The molecule has 0 spiro atoms. The molecule has 11 heteroatoms. The van der Waals surface area contributed by atoms with Crippen molar-refractivity contribution >= 4 is 9.84 Å². The zero-order valence-corrected chi connectivity index (χ0v) is 15.7. The van der Waals surface area contributed by atoms with Crippen molar-refractivity contribution in [2.75, 3.05) is 19.5 Å². The average molecular weight is 429 g/mol. The van der Waals surface area contributed by atoms with Gasteiger partial charge in [-0.15, -0.1) is 0 Å². The third-order valence-corrected chi connectivity index (χ3v) is 4.96. The predicted molar refractivity (Wildman–Crippen MR) is 94.8 cm³/mol. The van der Waals surface area contributed by atoms with E-state index in [4.69, 9.17) is 9.26 Å². The topological polar surface area (TPSA) is 82.3 Å². The smallest absolute Gasteiger partial charge is 0.419 e. The number of aromatic nitrogens is 2. The van der Waals surface area contributed by atoms with Crippen molar-refractivity contribution < 1.29 is 35.2 Å². The summed E-state index contributed by atoms with van der Waals surface area (Å²) in [6, 6.07) is 8.75. The number of rotatable bonds is 6. The van der Waals surface area contributed by atoms with Crippen molar-refractivity contribution in [1.29, 1.82) is 0 Å². The molecule has 0 aliphatic heterocycles. The Morgan fingerprint density at radius 2 is 1.72 bits per heavy atom. The molecule has 6 nitrogen and oxygen atoms in total. The van der Waals surface area contributed by atoms with Crippen LogP contribution in [0.25, 0.3) is 22.8 Å². The Balaban J connectivity index is 1.94. The minimum atomic E-state index is -4.73. The Bertz CT molecular complexity index is 1110. The van der Waals surface area contributed by atoms with E-state index in [1.807, 2.05) is 0 Å². The van der Waals surface area contributed by atoms with Gasteiger partial charge in [-0.2, -0.15) is 18.2 Å². The van der Waals surface area contributed by atoms with Crippen LogP contribution >= 0.6 is 0 Å². The normalized spacial score (nSPS) is 12.2. The number of ether oxygens (including phenoxy) is 1. The highest BCUT2D eigenvalue weighted by Gasteiger charge is 2.35. The zero-order chi connectivity index (χ0) is 21.2. The van der Waals surface area contributed by atoms with Crippen LogP contribution in [0.3, 0.4) is 0 Å². The van der Waals surface area contributed by atoms with Crippen LogP contribution in [0.1, 0.15) is 5.56 Å². The number of halogens is 4. The first-order chi connectivity index (χ1) is 13.6. The summed E-state index contributed by atoms with van der Waals surface area (Å²) < 4.78 is 84.9. The van der Waals surface area contributed by atoms with Gasteiger partial charge in [-0.25, -0.2) is 12.8 Å². The van der Waals surface area contributed by atoms with Crippen molar-refractivity contribution in [3.05, 3.63) is 48.0 Å². The number of hydrogen-bond donors (Lipinski definition) is 0. The van der Waals surface area contributed by atoms with Gasteiger partial charge in [0, 0.05) is 17.4 Å². The van der Waals surface area contributed by atoms with Crippen molar-refractivity contribution in [3.63, 3.8) is 0 Å². The van der Waals surface area contributed by atoms with E-state index >= 15 is 0 Å². The molecule has 0 aliphatic carbocycles. The van der Waals surface area contributed by atoms with Crippen LogP contribution in [0.15, 0.2) is 51.9 Å². The Morgan fingerprint density at radius 1 is 1.07 bits per heavy atom. The zero-order valence-electron chi connectivity index (χ0n) is 14.9. The first-order valence-electron chi connectivity index (χ1n) is 8.14. The quantitative estimate of drug-likeness (QED) is 0.547. The fourth-order valence-electron chi connectivity index (χ4n) is 2.47. The molecule has 0 aliphatic rings. The monoisotopic (exact) mass is 429 g/mol. The van der Waals surface area contributed by atoms with Crippen LogP contribution in [0, 0.1) is 0 Å². The summed E-state index contributed by atoms with van der Waals surface area (Å²) in [5.74, 6) is -0.601. The second-order valence-electron chi connectivity index (χ2n) is 5.97. The van der Waals surface area contributed by atoms with E-state index in [0.717, 1.165) is 18.4 Å². The lowest BCUT2D eigenvalue weighted by Crippen LogP contribution is -2.10. The van der Waals surface area contributed by atoms with E-state index in [-0.39, 0.29) is 22.2 Å². The molecule has 0 fully saturated rings. The maximum absolute atomic E-state index is 13.3. The Kier molecular flexibility index (Phi) is 5.60.